The van der Waals surface area contributed by atoms with Gasteiger partial charge in [-0.2, -0.15) is 0 Å². The molecule has 0 bridgehead atoms. The molecule has 0 aliphatic heterocycles. The maximum Gasteiger partial charge on any atom is 0.311 e. The number of nitrogens with one attached hydrogen (secondary N) is 2. The van der Waals surface area contributed by atoms with Crippen molar-refractivity contribution in [2.24, 2.45) is 0 Å². The minimum Gasteiger partial charge on any atom is -0.481 e. The molecule has 0 aromatic carbocycles. The molecule has 0 aliphatic carbocycles. The molecule has 1 aromatic heterocycles. The molecule has 1 aromatic rings. The lowest BCUT2D eigenvalue weighted by Gasteiger charge is -2.13. The van der Waals surface area contributed by atoms with Crippen molar-refractivity contribution in [1.29, 1.82) is 5.41 Å². The third-order valence-corrected chi connectivity index (χ3v) is 4.08. The van der Waals surface area contributed by atoms with Crippen LogP contribution in [0.3, 0.4) is 0 Å². The summed E-state index contributed by atoms with van der Waals surface area (Å²) < 4.78 is 4.97. The van der Waals surface area contributed by atoms with E-state index in [-0.39, 0.29) is 12.5 Å². The van der Waals surface area contributed by atoms with Crippen molar-refractivity contribution in [3.8, 4) is 5.88 Å². The van der Waals surface area contributed by atoms with E-state index in [4.69, 9.17) is 10.1 Å². The number of ether oxygens (including phenoxy) is 1. The Bertz CT molecular complexity index is 641. The number of rotatable bonds is 13. The van der Waals surface area contributed by atoms with Gasteiger partial charge in [0.15, 0.2) is 0 Å². The molecule has 7 heteroatoms. The van der Waals surface area contributed by atoms with E-state index >= 15 is 0 Å². The Kier molecular flexibility index (Phi) is 10.4. The van der Waals surface area contributed by atoms with Crippen LogP contribution >= 0.6 is 0 Å². The summed E-state index contributed by atoms with van der Waals surface area (Å²) in [6.45, 7) is 2.31. The van der Waals surface area contributed by atoms with Crippen LogP contribution in [0.5, 0.6) is 5.88 Å². The molecule has 0 fully saturated rings. The number of allylic oxidation sites excluding steroid dienone is 2. The van der Waals surface area contributed by atoms with E-state index in [2.05, 4.69) is 10.3 Å². The van der Waals surface area contributed by atoms with Gasteiger partial charge in [-0.1, -0.05) is 19.1 Å². The Morgan fingerprint density at radius 2 is 2.07 bits per heavy atom. The highest BCUT2D eigenvalue weighted by molar-refractivity contribution is 5.92. The Morgan fingerprint density at radius 1 is 1.33 bits per heavy atom. The van der Waals surface area contributed by atoms with Gasteiger partial charge in [-0.15, -0.1) is 0 Å². The van der Waals surface area contributed by atoms with E-state index in [1.165, 1.54) is 13.3 Å². The first-order chi connectivity index (χ1) is 13.0. The summed E-state index contributed by atoms with van der Waals surface area (Å²) in [7, 11) is 1.50. The van der Waals surface area contributed by atoms with Crippen LogP contribution in [0.1, 0.15) is 56.9 Å². The van der Waals surface area contributed by atoms with Gasteiger partial charge in [-0.3, -0.25) is 9.59 Å². The van der Waals surface area contributed by atoms with E-state index in [9.17, 15) is 14.7 Å². The van der Waals surface area contributed by atoms with Crippen molar-refractivity contribution in [1.82, 2.24) is 10.3 Å². The molecule has 7 nitrogen and oxygen atoms in total. The van der Waals surface area contributed by atoms with Gasteiger partial charge in [-0.25, -0.2) is 4.98 Å². The Labute approximate surface area is 160 Å². The number of hydrogen-bond acceptors (Lipinski definition) is 5. The Balaban J connectivity index is 2.32. The summed E-state index contributed by atoms with van der Waals surface area (Å²) in [6.07, 6.45) is 8.99. The molecule has 0 aliphatic rings. The summed E-state index contributed by atoms with van der Waals surface area (Å²) in [5.74, 6) is -1.35. The largest absolute Gasteiger partial charge is 0.481 e. The van der Waals surface area contributed by atoms with Crippen molar-refractivity contribution >= 4 is 17.6 Å². The molecular formula is C20H29N3O4. The number of carboxylic acid groups (broad SMARTS) is 1. The number of nitrogens with zero attached hydrogens (tertiary/aromatic N) is 1. The molecule has 0 saturated heterocycles. The number of amides is 1. The van der Waals surface area contributed by atoms with Gasteiger partial charge in [-0.05, 0) is 43.7 Å². The lowest BCUT2D eigenvalue weighted by Crippen LogP contribution is -2.27. The number of aliphatic carboxylic acids is 1. The minimum atomic E-state index is -0.949. The van der Waals surface area contributed by atoms with Crippen LogP contribution < -0.4 is 10.1 Å². The molecule has 1 rings (SSSR count). The zero-order valence-electron chi connectivity index (χ0n) is 16.0. The van der Waals surface area contributed by atoms with Crippen molar-refractivity contribution < 1.29 is 19.4 Å². The summed E-state index contributed by atoms with van der Waals surface area (Å²) in [5.41, 5.74) is 1.16. The molecule has 1 heterocycles. The minimum absolute atomic E-state index is 0.0948. The summed E-state index contributed by atoms with van der Waals surface area (Å²) in [5, 5.41) is 19.9. The van der Waals surface area contributed by atoms with Crippen LogP contribution in [0.15, 0.2) is 30.5 Å². The van der Waals surface area contributed by atoms with Crippen molar-refractivity contribution in [3.63, 3.8) is 0 Å². The first-order valence-electron chi connectivity index (χ1n) is 9.21. The molecule has 1 unspecified atom stereocenters. The number of methoxy groups -OCH3 is 1. The molecule has 1 amide bonds. The normalized spacial score (nSPS) is 11.9. The number of carboxylic acids is 1. The van der Waals surface area contributed by atoms with E-state index in [1.807, 2.05) is 13.0 Å². The Morgan fingerprint density at radius 3 is 2.67 bits per heavy atom. The maximum absolute atomic E-state index is 11.9. The standard InChI is InChI=1S/C20H29N3O4/c1-3-4-7-16(21)8-5-6-9-18(24)22-13-12-17(20(25)26)15-10-11-19(27-2)23-14-15/h4,7,10-11,14,17,21H,3,5-6,8-9,12-13H2,1-2H3,(H,22,24)(H,25,26)/b7-4-,21-16?. The van der Waals surface area contributed by atoms with Crippen LogP contribution in [0.4, 0.5) is 0 Å². The molecular weight excluding hydrogens is 346 g/mol. The first-order valence-corrected chi connectivity index (χ1v) is 9.21. The van der Waals surface area contributed by atoms with Gasteiger partial charge < -0.3 is 20.6 Å². The number of aromatic nitrogens is 1. The second kappa shape index (κ2) is 12.6. The third kappa shape index (κ3) is 8.99. The lowest BCUT2D eigenvalue weighted by molar-refractivity contribution is -0.139. The van der Waals surface area contributed by atoms with Crippen molar-refractivity contribution in [2.45, 2.75) is 51.4 Å². The van der Waals surface area contributed by atoms with Crippen molar-refractivity contribution in [2.75, 3.05) is 13.7 Å². The predicted octanol–water partition coefficient (Wildman–Crippen LogP) is 3.31. The summed E-state index contributed by atoms with van der Waals surface area (Å²) in [4.78, 5) is 27.4. The smallest absolute Gasteiger partial charge is 0.311 e. The monoisotopic (exact) mass is 375 g/mol. The summed E-state index contributed by atoms with van der Waals surface area (Å²) in [6, 6.07) is 3.30. The van der Waals surface area contributed by atoms with Gasteiger partial charge in [0.25, 0.3) is 0 Å². The highest BCUT2D eigenvalue weighted by atomic mass is 16.5. The fourth-order valence-electron chi connectivity index (χ4n) is 2.54. The highest BCUT2D eigenvalue weighted by Gasteiger charge is 2.20. The van der Waals surface area contributed by atoms with Gasteiger partial charge in [0.1, 0.15) is 0 Å². The predicted molar refractivity (Wildman–Crippen MR) is 104 cm³/mol. The van der Waals surface area contributed by atoms with E-state index in [0.29, 0.717) is 42.8 Å². The SMILES string of the molecule is CC/C=C\C(=N)CCCCC(=O)NCCC(C(=O)O)c1ccc(OC)nc1. The van der Waals surface area contributed by atoms with E-state index in [1.54, 1.807) is 18.2 Å². The molecule has 0 saturated carbocycles. The second-order valence-electron chi connectivity index (χ2n) is 6.21. The molecule has 0 radical (unpaired) electrons. The molecule has 3 N–H and O–H groups in total. The van der Waals surface area contributed by atoms with Gasteiger partial charge >= 0.3 is 5.97 Å². The molecule has 27 heavy (non-hydrogen) atoms. The van der Waals surface area contributed by atoms with Gasteiger partial charge in [0, 0.05) is 30.9 Å². The van der Waals surface area contributed by atoms with Crippen molar-refractivity contribution in [3.05, 3.63) is 36.0 Å². The lowest BCUT2D eigenvalue weighted by atomic mass is 9.97. The number of carbonyl (C=O) groups excluding carboxylic acids is 1. The first kappa shape index (κ1) is 22.3. The van der Waals surface area contributed by atoms with Crippen LogP contribution in [0.25, 0.3) is 0 Å². The molecule has 148 valence electrons. The average Bonchev–Trinajstić information content (AvgIpc) is 2.66. The number of hydrogen-bond donors (Lipinski definition) is 3. The fraction of sp³-hybridized carbons (Fsp3) is 0.500. The van der Waals surface area contributed by atoms with Gasteiger partial charge in [0.2, 0.25) is 11.8 Å². The Hall–Kier alpha value is -2.70. The second-order valence-corrected chi connectivity index (χ2v) is 6.21. The zero-order chi connectivity index (χ0) is 20.1. The third-order valence-electron chi connectivity index (χ3n) is 4.08. The fourth-order valence-corrected chi connectivity index (χ4v) is 2.54. The topological polar surface area (TPSA) is 112 Å². The van der Waals surface area contributed by atoms with E-state index in [0.717, 1.165) is 12.8 Å². The number of carbonyl (C=O) groups is 2. The van der Waals surface area contributed by atoms with Gasteiger partial charge in [0.05, 0.1) is 13.0 Å². The maximum atomic E-state index is 11.9. The highest BCUT2D eigenvalue weighted by Crippen LogP contribution is 2.20. The van der Waals surface area contributed by atoms with Crippen LogP contribution in [-0.2, 0) is 9.59 Å². The summed E-state index contributed by atoms with van der Waals surface area (Å²) >= 11 is 0. The van der Waals surface area contributed by atoms with Crippen LogP contribution in [-0.4, -0.2) is 41.3 Å². The zero-order valence-corrected chi connectivity index (χ0v) is 16.0. The molecule has 1 atom stereocenters. The number of unbranched alkanes of at least 4 members (excludes halogenated alkanes) is 1. The van der Waals surface area contributed by atoms with Crippen LogP contribution in [0, 0.1) is 5.41 Å². The number of pyridine rings is 1. The quantitative estimate of drug-likeness (QED) is 0.362. The van der Waals surface area contributed by atoms with E-state index < -0.39 is 11.9 Å². The molecule has 0 spiro atoms. The average molecular weight is 375 g/mol. The van der Waals surface area contributed by atoms with Crippen LogP contribution in [0.2, 0.25) is 0 Å².